The van der Waals surface area contributed by atoms with E-state index in [1.165, 1.54) is 11.0 Å². The van der Waals surface area contributed by atoms with Crippen molar-refractivity contribution in [3.8, 4) is 0 Å². The minimum Gasteiger partial charge on any atom is -0.478 e. The Balaban J connectivity index is 1.94. The van der Waals surface area contributed by atoms with E-state index in [4.69, 9.17) is 5.11 Å². The molecule has 0 aromatic heterocycles. The van der Waals surface area contributed by atoms with Crippen LogP contribution in [-0.4, -0.2) is 41.0 Å². The molecule has 3 amide bonds. The van der Waals surface area contributed by atoms with Crippen LogP contribution < -0.4 is 10.6 Å². The molecule has 0 spiro atoms. The van der Waals surface area contributed by atoms with Crippen molar-refractivity contribution in [1.82, 2.24) is 15.5 Å². The molecule has 0 atom stereocenters. The first-order chi connectivity index (χ1) is 10.0. The zero-order chi connectivity index (χ0) is 15.4. The maximum Gasteiger partial charge on any atom is 0.335 e. The van der Waals surface area contributed by atoms with E-state index in [1.54, 1.807) is 19.1 Å². The van der Waals surface area contributed by atoms with Crippen LogP contribution in [0.2, 0.25) is 0 Å². The number of rotatable bonds is 4. The van der Waals surface area contributed by atoms with Crippen LogP contribution in [0.15, 0.2) is 18.2 Å². The van der Waals surface area contributed by atoms with Crippen molar-refractivity contribution in [3.63, 3.8) is 0 Å². The standard InChI is InChI=1S/C14H17N3O4/c1-2-15-12(18)6-16-14(21)17-7-10-4-3-9(13(19)20)5-11(10)8-17/h3-5H,2,6-8H2,1H3,(H,15,18)(H,16,21)(H,19,20). The molecular weight excluding hydrogens is 274 g/mol. The number of carbonyl (C=O) groups excluding carboxylic acids is 2. The zero-order valence-corrected chi connectivity index (χ0v) is 11.7. The molecule has 7 heteroatoms. The second kappa shape index (κ2) is 6.25. The van der Waals surface area contributed by atoms with E-state index in [2.05, 4.69) is 10.6 Å². The second-order valence-corrected chi connectivity index (χ2v) is 4.76. The van der Waals surface area contributed by atoms with E-state index in [0.29, 0.717) is 19.6 Å². The van der Waals surface area contributed by atoms with Gasteiger partial charge in [0.25, 0.3) is 0 Å². The number of amides is 3. The van der Waals surface area contributed by atoms with Crippen LogP contribution in [0.5, 0.6) is 0 Å². The molecule has 2 rings (SSSR count). The highest BCUT2D eigenvalue weighted by Gasteiger charge is 2.24. The molecule has 0 radical (unpaired) electrons. The summed E-state index contributed by atoms with van der Waals surface area (Å²) in [5.74, 6) is -1.23. The van der Waals surface area contributed by atoms with Gasteiger partial charge in [-0.05, 0) is 30.2 Å². The number of fused-ring (bicyclic) bond motifs is 1. The monoisotopic (exact) mass is 291 g/mol. The summed E-state index contributed by atoms with van der Waals surface area (Å²) >= 11 is 0. The van der Waals surface area contributed by atoms with Gasteiger partial charge in [0.2, 0.25) is 5.91 Å². The fourth-order valence-corrected chi connectivity index (χ4v) is 2.20. The van der Waals surface area contributed by atoms with Gasteiger partial charge in [0, 0.05) is 19.6 Å². The Morgan fingerprint density at radius 1 is 1.19 bits per heavy atom. The van der Waals surface area contributed by atoms with Crippen molar-refractivity contribution in [2.75, 3.05) is 13.1 Å². The lowest BCUT2D eigenvalue weighted by atomic mass is 10.1. The molecule has 0 aliphatic carbocycles. The maximum absolute atomic E-state index is 12.0. The van der Waals surface area contributed by atoms with Crippen molar-refractivity contribution in [1.29, 1.82) is 0 Å². The minimum atomic E-state index is -0.989. The summed E-state index contributed by atoms with van der Waals surface area (Å²) < 4.78 is 0. The zero-order valence-electron chi connectivity index (χ0n) is 11.7. The Morgan fingerprint density at radius 3 is 2.57 bits per heavy atom. The fraction of sp³-hybridized carbons (Fsp3) is 0.357. The van der Waals surface area contributed by atoms with Gasteiger partial charge in [0.05, 0.1) is 12.1 Å². The third-order valence-electron chi connectivity index (χ3n) is 3.24. The summed E-state index contributed by atoms with van der Waals surface area (Å²) in [6.45, 7) is 3.01. The lowest BCUT2D eigenvalue weighted by Crippen LogP contribution is -2.42. The number of nitrogens with one attached hydrogen (secondary N) is 2. The summed E-state index contributed by atoms with van der Waals surface area (Å²) in [7, 11) is 0. The van der Waals surface area contributed by atoms with Gasteiger partial charge in [0.15, 0.2) is 0 Å². The SMILES string of the molecule is CCNC(=O)CNC(=O)N1Cc2ccc(C(=O)O)cc2C1. The molecule has 1 heterocycles. The van der Waals surface area contributed by atoms with Gasteiger partial charge in [-0.2, -0.15) is 0 Å². The number of hydrogen-bond donors (Lipinski definition) is 3. The molecule has 0 bridgehead atoms. The van der Waals surface area contributed by atoms with Crippen LogP contribution in [-0.2, 0) is 17.9 Å². The number of benzene rings is 1. The first kappa shape index (κ1) is 14.8. The number of aromatic carboxylic acids is 1. The average Bonchev–Trinajstić information content (AvgIpc) is 2.87. The number of likely N-dealkylation sites (N-methyl/N-ethyl adjacent to an activating group) is 1. The quantitative estimate of drug-likeness (QED) is 0.754. The molecule has 0 unspecified atom stereocenters. The van der Waals surface area contributed by atoms with Crippen LogP contribution in [0.3, 0.4) is 0 Å². The first-order valence-electron chi connectivity index (χ1n) is 6.65. The Hall–Kier alpha value is -2.57. The van der Waals surface area contributed by atoms with E-state index in [0.717, 1.165) is 11.1 Å². The van der Waals surface area contributed by atoms with Gasteiger partial charge in [-0.15, -0.1) is 0 Å². The predicted octanol–water partition coefficient (Wildman–Crippen LogP) is 0.546. The molecular formula is C14H17N3O4. The van der Waals surface area contributed by atoms with Crippen molar-refractivity contribution in [2.45, 2.75) is 20.0 Å². The third kappa shape index (κ3) is 3.50. The fourth-order valence-electron chi connectivity index (χ4n) is 2.20. The Kier molecular flexibility index (Phi) is 4.42. The summed E-state index contributed by atoms with van der Waals surface area (Å²) in [5.41, 5.74) is 1.95. The second-order valence-electron chi connectivity index (χ2n) is 4.76. The van der Waals surface area contributed by atoms with Crippen molar-refractivity contribution in [3.05, 3.63) is 34.9 Å². The number of nitrogens with zero attached hydrogens (tertiary/aromatic N) is 1. The topological polar surface area (TPSA) is 98.7 Å². The molecule has 0 fully saturated rings. The summed E-state index contributed by atoms with van der Waals surface area (Å²) in [4.78, 5) is 35.7. The first-order valence-corrected chi connectivity index (χ1v) is 6.65. The lowest BCUT2D eigenvalue weighted by molar-refractivity contribution is -0.120. The van der Waals surface area contributed by atoms with Gasteiger partial charge in [-0.25, -0.2) is 9.59 Å². The molecule has 21 heavy (non-hydrogen) atoms. The highest BCUT2D eigenvalue weighted by molar-refractivity contribution is 5.88. The minimum absolute atomic E-state index is 0.0695. The van der Waals surface area contributed by atoms with Gasteiger partial charge in [-0.1, -0.05) is 6.07 Å². The van der Waals surface area contributed by atoms with E-state index >= 15 is 0 Å². The average molecular weight is 291 g/mol. The summed E-state index contributed by atoms with van der Waals surface area (Å²) in [6, 6.07) is 4.48. The van der Waals surface area contributed by atoms with Crippen LogP contribution in [0, 0.1) is 0 Å². The molecule has 1 aromatic carbocycles. The predicted molar refractivity (Wildman–Crippen MR) is 74.7 cm³/mol. The number of urea groups is 1. The summed E-state index contributed by atoms with van der Waals surface area (Å²) in [5, 5.41) is 14.1. The largest absolute Gasteiger partial charge is 0.478 e. The van der Waals surface area contributed by atoms with Crippen molar-refractivity contribution >= 4 is 17.9 Å². The van der Waals surface area contributed by atoms with Gasteiger partial charge in [-0.3, -0.25) is 4.79 Å². The lowest BCUT2D eigenvalue weighted by Gasteiger charge is -2.16. The Bertz CT molecular complexity index is 586. The summed E-state index contributed by atoms with van der Waals surface area (Å²) in [6.07, 6.45) is 0. The third-order valence-corrected chi connectivity index (χ3v) is 3.24. The Labute approximate surface area is 121 Å². The molecule has 7 nitrogen and oxygen atoms in total. The van der Waals surface area contributed by atoms with E-state index in [1.807, 2.05) is 0 Å². The number of carbonyl (C=O) groups is 3. The van der Waals surface area contributed by atoms with E-state index < -0.39 is 5.97 Å². The van der Waals surface area contributed by atoms with Gasteiger partial charge < -0.3 is 20.6 Å². The highest BCUT2D eigenvalue weighted by atomic mass is 16.4. The van der Waals surface area contributed by atoms with Crippen LogP contribution in [0.1, 0.15) is 28.4 Å². The van der Waals surface area contributed by atoms with Crippen molar-refractivity contribution in [2.24, 2.45) is 0 Å². The molecule has 0 saturated carbocycles. The number of carboxylic acids is 1. The van der Waals surface area contributed by atoms with E-state index in [9.17, 15) is 14.4 Å². The normalized spacial score (nSPS) is 12.7. The number of carboxylic acid groups (broad SMARTS) is 1. The van der Waals surface area contributed by atoms with Crippen LogP contribution >= 0.6 is 0 Å². The molecule has 1 aliphatic rings. The molecule has 1 aliphatic heterocycles. The number of hydrogen-bond acceptors (Lipinski definition) is 3. The van der Waals surface area contributed by atoms with Crippen molar-refractivity contribution < 1.29 is 19.5 Å². The molecule has 3 N–H and O–H groups in total. The Morgan fingerprint density at radius 2 is 1.90 bits per heavy atom. The van der Waals surface area contributed by atoms with Gasteiger partial charge >= 0.3 is 12.0 Å². The van der Waals surface area contributed by atoms with Crippen LogP contribution in [0.25, 0.3) is 0 Å². The molecule has 0 saturated heterocycles. The van der Waals surface area contributed by atoms with E-state index in [-0.39, 0.29) is 24.0 Å². The van der Waals surface area contributed by atoms with Gasteiger partial charge in [0.1, 0.15) is 0 Å². The highest BCUT2D eigenvalue weighted by Crippen LogP contribution is 2.23. The molecule has 112 valence electrons. The van der Waals surface area contributed by atoms with Crippen LogP contribution in [0.4, 0.5) is 4.79 Å². The molecule has 1 aromatic rings. The maximum atomic E-state index is 12.0. The smallest absolute Gasteiger partial charge is 0.335 e.